The topological polar surface area (TPSA) is 134 Å². The number of rotatable bonds is 6. The van der Waals surface area contributed by atoms with Crippen molar-refractivity contribution in [2.75, 3.05) is 4.72 Å². The number of nitriles is 1. The molecule has 0 bridgehead atoms. The minimum atomic E-state index is -3.90. The summed E-state index contributed by atoms with van der Waals surface area (Å²) in [4.78, 5) is 3.81. The number of nitrogens with zero attached hydrogens (tertiary/aromatic N) is 4. The van der Waals surface area contributed by atoms with Crippen molar-refractivity contribution in [2.24, 2.45) is 0 Å². The van der Waals surface area contributed by atoms with Gasteiger partial charge in [-0.05, 0) is 36.4 Å². The Morgan fingerprint density at radius 3 is 2.73 bits per heavy atom. The molecule has 12 heteroatoms. The highest BCUT2D eigenvalue weighted by Gasteiger charge is 2.19. The van der Waals surface area contributed by atoms with E-state index in [1.165, 1.54) is 30.6 Å². The predicted molar refractivity (Wildman–Crippen MR) is 111 cm³/mol. The van der Waals surface area contributed by atoms with Gasteiger partial charge in [0.05, 0.1) is 16.7 Å². The first-order chi connectivity index (χ1) is 14.5. The van der Waals surface area contributed by atoms with Gasteiger partial charge in [0, 0.05) is 22.2 Å². The minimum Gasteiger partial charge on any atom is -0.455 e. The Kier molecular flexibility index (Phi) is 5.37. The number of thiazole rings is 1. The van der Waals surface area contributed by atoms with E-state index in [1.54, 1.807) is 23.6 Å². The van der Waals surface area contributed by atoms with E-state index in [0.29, 0.717) is 22.0 Å². The van der Waals surface area contributed by atoms with Crippen molar-refractivity contribution in [2.45, 2.75) is 4.90 Å². The fraction of sp³-hybridized carbons (Fsp3) is 0. The average molecular weight is 459 g/mol. The van der Waals surface area contributed by atoms with Crippen LogP contribution in [0.2, 0.25) is 5.02 Å². The van der Waals surface area contributed by atoms with Gasteiger partial charge < -0.3 is 4.74 Å². The molecule has 0 saturated carbocycles. The van der Waals surface area contributed by atoms with Crippen molar-refractivity contribution < 1.29 is 13.2 Å². The Labute approximate surface area is 180 Å². The molecule has 150 valence electrons. The summed E-state index contributed by atoms with van der Waals surface area (Å²) in [6, 6.07) is 10.9. The SMILES string of the molecule is N#Cc1cc(S(=O)(=O)Nc2nccs2)ccc1Oc1ccc(Cl)cc1-c1cn[nH]n1. The summed E-state index contributed by atoms with van der Waals surface area (Å²) in [5.74, 6) is 0.555. The van der Waals surface area contributed by atoms with Crippen LogP contribution in [-0.4, -0.2) is 28.8 Å². The van der Waals surface area contributed by atoms with Crippen LogP contribution in [0.25, 0.3) is 11.3 Å². The zero-order valence-electron chi connectivity index (χ0n) is 14.9. The molecule has 0 radical (unpaired) electrons. The highest BCUT2D eigenvalue weighted by Crippen LogP contribution is 2.36. The Morgan fingerprint density at radius 1 is 1.20 bits per heavy atom. The second-order valence-corrected chi connectivity index (χ2v) is 8.82. The molecule has 30 heavy (non-hydrogen) atoms. The number of benzene rings is 2. The first kappa shape index (κ1) is 19.8. The van der Waals surface area contributed by atoms with Crippen LogP contribution in [0.15, 0.2) is 59.1 Å². The summed E-state index contributed by atoms with van der Waals surface area (Å²) in [5.41, 5.74) is 1.10. The molecule has 0 saturated heterocycles. The van der Waals surface area contributed by atoms with Crippen molar-refractivity contribution in [1.82, 2.24) is 20.4 Å². The number of ether oxygens (including phenoxy) is 1. The van der Waals surface area contributed by atoms with E-state index in [9.17, 15) is 13.7 Å². The molecule has 4 aromatic rings. The molecule has 0 aliphatic carbocycles. The van der Waals surface area contributed by atoms with E-state index in [4.69, 9.17) is 16.3 Å². The number of hydrogen-bond donors (Lipinski definition) is 2. The number of aromatic nitrogens is 4. The highest BCUT2D eigenvalue weighted by atomic mass is 35.5. The van der Waals surface area contributed by atoms with Crippen LogP contribution in [0.4, 0.5) is 5.13 Å². The maximum Gasteiger partial charge on any atom is 0.263 e. The van der Waals surface area contributed by atoms with Crippen LogP contribution in [-0.2, 0) is 10.0 Å². The highest BCUT2D eigenvalue weighted by molar-refractivity contribution is 7.93. The number of H-pyrrole nitrogens is 1. The number of sulfonamides is 1. The van der Waals surface area contributed by atoms with Crippen molar-refractivity contribution in [1.29, 1.82) is 5.26 Å². The molecule has 0 fully saturated rings. The predicted octanol–water partition coefficient (Wildman–Crippen LogP) is 4.05. The van der Waals surface area contributed by atoms with Crippen LogP contribution >= 0.6 is 22.9 Å². The summed E-state index contributed by atoms with van der Waals surface area (Å²) in [6.07, 6.45) is 2.99. The Balaban J connectivity index is 1.68. The standard InChI is InChI=1S/C18H11ClN6O3S2/c19-12-1-3-17(14(8-12)15-10-22-25-23-15)28-16-4-2-13(7-11(16)9-20)30(26,27)24-18-21-5-6-29-18/h1-8,10H,(H,21,24)(H,22,23,25). The van der Waals surface area contributed by atoms with Crippen LogP contribution in [0, 0.1) is 11.3 Å². The Morgan fingerprint density at radius 2 is 2.03 bits per heavy atom. The Bertz CT molecular complexity index is 1330. The maximum absolute atomic E-state index is 12.6. The summed E-state index contributed by atoms with van der Waals surface area (Å²) >= 11 is 7.23. The van der Waals surface area contributed by atoms with Crippen LogP contribution in [0.5, 0.6) is 11.5 Å². The van der Waals surface area contributed by atoms with Gasteiger partial charge in [-0.15, -0.1) is 11.3 Å². The van der Waals surface area contributed by atoms with Gasteiger partial charge in [-0.25, -0.2) is 13.4 Å². The van der Waals surface area contributed by atoms with Gasteiger partial charge in [0.15, 0.2) is 5.13 Å². The molecule has 0 spiro atoms. The summed E-state index contributed by atoms with van der Waals surface area (Å²) < 4.78 is 33.4. The third kappa shape index (κ3) is 4.11. The lowest BCUT2D eigenvalue weighted by molar-refractivity contribution is 0.482. The largest absolute Gasteiger partial charge is 0.455 e. The smallest absolute Gasteiger partial charge is 0.263 e. The summed E-state index contributed by atoms with van der Waals surface area (Å²) in [6.45, 7) is 0. The summed E-state index contributed by atoms with van der Waals surface area (Å²) in [5, 5.41) is 22.2. The zero-order valence-corrected chi connectivity index (χ0v) is 17.3. The lowest BCUT2D eigenvalue weighted by Gasteiger charge is -2.12. The molecule has 2 heterocycles. The van der Waals surface area contributed by atoms with Gasteiger partial charge in [-0.3, -0.25) is 4.72 Å². The fourth-order valence-corrected chi connectivity index (χ4v) is 4.53. The molecule has 0 aliphatic rings. The number of hydrogen-bond acceptors (Lipinski definition) is 8. The molecule has 0 amide bonds. The first-order valence-electron chi connectivity index (χ1n) is 8.26. The van der Waals surface area contributed by atoms with Crippen molar-refractivity contribution in [3.05, 3.63) is 64.8 Å². The molecule has 0 aliphatic heterocycles. The van der Waals surface area contributed by atoms with E-state index in [2.05, 4.69) is 25.1 Å². The quantitative estimate of drug-likeness (QED) is 0.445. The normalized spacial score (nSPS) is 11.1. The van der Waals surface area contributed by atoms with E-state index < -0.39 is 10.0 Å². The molecule has 9 nitrogen and oxygen atoms in total. The number of halogens is 1. The van der Waals surface area contributed by atoms with E-state index in [1.807, 2.05) is 6.07 Å². The molecular weight excluding hydrogens is 448 g/mol. The third-order valence-electron chi connectivity index (χ3n) is 3.89. The third-order valence-corrected chi connectivity index (χ3v) is 6.28. The van der Waals surface area contributed by atoms with Gasteiger partial charge in [0.2, 0.25) is 0 Å². The second kappa shape index (κ2) is 8.11. The van der Waals surface area contributed by atoms with Crippen LogP contribution in [0.3, 0.4) is 0 Å². The molecule has 2 aromatic carbocycles. The number of aromatic amines is 1. The van der Waals surface area contributed by atoms with Gasteiger partial charge in [0.25, 0.3) is 10.0 Å². The minimum absolute atomic E-state index is 0.0399. The molecule has 0 unspecified atom stereocenters. The number of nitrogens with one attached hydrogen (secondary N) is 2. The first-order valence-corrected chi connectivity index (χ1v) is 11.0. The second-order valence-electron chi connectivity index (χ2n) is 5.81. The monoisotopic (exact) mass is 458 g/mol. The molecule has 4 rings (SSSR count). The fourth-order valence-electron chi connectivity index (χ4n) is 2.54. The van der Waals surface area contributed by atoms with Crippen LogP contribution < -0.4 is 9.46 Å². The van der Waals surface area contributed by atoms with E-state index in [0.717, 1.165) is 11.3 Å². The molecular formula is C18H11ClN6O3S2. The van der Waals surface area contributed by atoms with E-state index in [-0.39, 0.29) is 21.3 Å². The average Bonchev–Trinajstić information content (AvgIpc) is 3.43. The zero-order chi connectivity index (χ0) is 21.1. The van der Waals surface area contributed by atoms with Gasteiger partial charge >= 0.3 is 0 Å². The summed E-state index contributed by atoms with van der Waals surface area (Å²) in [7, 11) is -3.90. The molecule has 0 atom stereocenters. The maximum atomic E-state index is 12.6. The Hall–Kier alpha value is -3.46. The van der Waals surface area contributed by atoms with Crippen molar-refractivity contribution in [3.8, 4) is 28.8 Å². The number of anilines is 1. The van der Waals surface area contributed by atoms with Gasteiger partial charge in [-0.1, -0.05) is 11.6 Å². The van der Waals surface area contributed by atoms with Crippen molar-refractivity contribution >= 4 is 38.1 Å². The van der Waals surface area contributed by atoms with Gasteiger partial charge in [-0.2, -0.15) is 20.7 Å². The van der Waals surface area contributed by atoms with Gasteiger partial charge in [0.1, 0.15) is 23.3 Å². The van der Waals surface area contributed by atoms with E-state index >= 15 is 0 Å². The molecule has 2 N–H and O–H groups in total. The lowest BCUT2D eigenvalue weighted by Crippen LogP contribution is -2.13. The lowest BCUT2D eigenvalue weighted by atomic mass is 10.1. The van der Waals surface area contributed by atoms with Crippen LogP contribution in [0.1, 0.15) is 5.56 Å². The van der Waals surface area contributed by atoms with Crippen molar-refractivity contribution in [3.63, 3.8) is 0 Å². The molecule has 2 aromatic heterocycles.